The molecule has 15 heavy (non-hydrogen) atoms. The van der Waals surface area contributed by atoms with Gasteiger partial charge in [0.05, 0.1) is 5.69 Å². The van der Waals surface area contributed by atoms with Crippen molar-refractivity contribution in [2.45, 2.75) is 24.7 Å². The molecule has 1 saturated carbocycles. The molecule has 2 heterocycles. The molecule has 1 aliphatic carbocycles. The first-order valence-electron chi connectivity index (χ1n) is 5.35. The summed E-state index contributed by atoms with van der Waals surface area (Å²) in [4.78, 5) is 4.27. The SMILES string of the molecule is NCCC1(c2cc3ncccn3n2)CC1. The first-order valence-corrected chi connectivity index (χ1v) is 5.35. The van der Waals surface area contributed by atoms with Crippen molar-refractivity contribution in [3.63, 3.8) is 0 Å². The number of aromatic nitrogens is 3. The highest BCUT2D eigenvalue weighted by molar-refractivity contribution is 5.42. The van der Waals surface area contributed by atoms with Gasteiger partial charge >= 0.3 is 0 Å². The van der Waals surface area contributed by atoms with Gasteiger partial charge in [0.2, 0.25) is 0 Å². The van der Waals surface area contributed by atoms with Crippen molar-refractivity contribution in [2.24, 2.45) is 5.73 Å². The Kier molecular flexibility index (Phi) is 1.79. The lowest BCUT2D eigenvalue weighted by molar-refractivity contribution is 0.603. The summed E-state index contributed by atoms with van der Waals surface area (Å²) in [6.07, 6.45) is 7.20. The second kappa shape index (κ2) is 3.03. The van der Waals surface area contributed by atoms with Gasteiger partial charge in [0.1, 0.15) is 0 Å². The topological polar surface area (TPSA) is 56.2 Å². The van der Waals surface area contributed by atoms with E-state index in [-0.39, 0.29) is 5.41 Å². The Morgan fingerprint density at radius 3 is 3.00 bits per heavy atom. The molecule has 0 unspecified atom stereocenters. The zero-order chi connectivity index (χ0) is 10.3. The second-order valence-corrected chi connectivity index (χ2v) is 4.27. The van der Waals surface area contributed by atoms with Crippen molar-refractivity contribution in [1.29, 1.82) is 0 Å². The highest BCUT2D eigenvalue weighted by atomic mass is 15.2. The maximum atomic E-state index is 5.64. The summed E-state index contributed by atoms with van der Waals surface area (Å²) in [6, 6.07) is 3.98. The van der Waals surface area contributed by atoms with Crippen LogP contribution in [0.25, 0.3) is 5.65 Å². The smallest absolute Gasteiger partial charge is 0.155 e. The average molecular weight is 202 g/mol. The van der Waals surface area contributed by atoms with Crippen LogP contribution in [0.15, 0.2) is 24.5 Å². The Morgan fingerprint density at radius 1 is 1.47 bits per heavy atom. The molecule has 0 amide bonds. The molecule has 2 N–H and O–H groups in total. The minimum absolute atomic E-state index is 0.266. The zero-order valence-corrected chi connectivity index (χ0v) is 8.56. The maximum Gasteiger partial charge on any atom is 0.155 e. The summed E-state index contributed by atoms with van der Waals surface area (Å²) >= 11 is 0. The number of hydrogen-bond acceptors (Lipinski definition) is 3. The van der Waals surface area contributed by atoms with Crippen LogP contribution in [0.1, 0.15) is 25.0 Å². The fourth-order valence-electron chi connectivity index (χ4n) is 2.15. The number of hydrogen-bond donors (Lipinski definition) is 1. The first-order chi connectivity index (χ1) is 7.34. The highest BCUT2D eigenvalue weighted by Gasteiger charge is 2.45. The van der Waals surface area contributed by atoms with Crippen LogP contribution in [0.2, 0.25) is 0 Å². The maximum absolute atomic E-state index is 5.64. The summed E-state index contributed by atoms with van der Waals surface area (Å²) in [5, 5.41) is 4.56. The molecule has 0 radical (unpaired) electrons. The molecule has 4 heteroatoms. The standard InChI is InChI=1S/C11H14N4/c12-5-4-11(2-3-11)9-8-10-13-6-1-7-15(10)14-9/h1,6-8H,2-5,12H2. The quantitative estimate of drug-likeness (QED) is 0.811. The summed E-state index contributed by atoms with van der Waals surface area (Å²) in [5.41, 5.74) is 7.99. The molecular weight excluding hydrogens is 188 g/mol. The normalized spacial score (nSPS) is 18.2. The Balaban J connectivity index is 2.05. The van der Waals surface area contributed by atoms with Gasteiger partial charge in [-0.3, -0.25) is 0 Å². The van der Waals surface area contributed by atoms with E-state index in [0.717, 1.165) is 24.3 Å². The van der Waals surface area contributed by atoms with Crippen LogP contribution in [0.5, 0.6) is 0 Å². The van der Waals surface area contributed by atoms with E-state index in [2.05, 4.69) is 16.1 Å². The van der Waals surface area contributed by atoms with Crippen LogP contribution in [0.4, 0.5) is 0 Å². The van der Waals surface area contributed by atoms with E-state index in [1.807, 2.05) is 16.8 Å². The fourth-order valence-corrected chi connectivity index (χ4v) is 2.15. The van der Waals surface area contributed by atoms with Crippen LogP contribution in [-0.4, -0.2) is 21.1 Å². The van der Waals surface area contributed by atoms with E-state index in [0.29, 0.717) is 0 Å². The van der Waals surface area contributed by atoms with Crippen molar-refractivity contribution < 1.29 is 0 Å². The second-order valence-electron chi connectivity index (χ2n) is 4.27. The lowest BCUT2D eigenvalue weighted by Gasteiger charge is -2.08. The Bertz CT molecular complexity index is 451. The third kappa shape index (κ3) is 1.33. The fraction of sp³-hybridized carbons (Fsp3) is 0.455. The van der Waals surface area contributed by atoms with Crippen LogP contribution in [0, 0.1) is 0 Å². The third-order valence-electron chi connectivity index (χ3n) is 3.26. The third-order valence-corrected chi connectivity index (χ3v) is 3.26. The van der Waals surface area contributed by atoms with Crippen molar-refractivity contribution in [2.75, 3.05) is 6.54 Å². The summed E-state index contributed by atoms with van der Waals surface area (Å²) in [5.74, 6) is 0. The minimum Gasteiger partial charge on any atom is -0.330 e. The molecule has 0 spiro atoms. The van der Waals surface area contributed by atoms with E-state index in [1.54, 1.807) is 6.20 Å². The van der Waals surface area contributed by atoms with Crippen molar-refractivity contribution >= 4 is 5.65 Å². The van der Waals surface area contributed by atoms with Gasteiger partial charge in [0, 0.05) is 23.9 Å². The van der Waals surface area contributed by atoms with Crippen molar-refractivity contribution in [3.05, 3.63) is 30.2 Å². The Labute approximate surface area is 88.1 Å². The number of nitrogens with two attached hydrogens (primary N) is 1. The molecule has 4 nitrogen and oxygen atoms in total. The summed E-state index contributed by atoms with van der Waals surface area (Å²) in [7, 11) is 0. The van der Waals surface area contributed by atoms with E-state index in [1.165, 1.54) is 12.8 Å². The molecular formula is C11H14N4. The molecule has 2 aromatic heterocycles. The number of rotatable bonds is 3. The minimum atomic E-state index is 0.266. The molecule has 0 saturated heterocycles. The van der Waals surface area contributed by atoms with Gasteiger partial charge in [-0.2, -0.15) is 5.10 Å². The van der Waals surface area contributed by atoms with Gasteiger partial charge < -0.3 is 5.73 Å². The number of nitrogens with zero attached hydrogens (tertiary/aromatic N) is 3. The van der Waals surface area contributed by atoms with Crippen LogP contribution in [0.3, 0.4) is 0 Å². The Morgan fingerprint density at radius 2 is 2.33 bits per heavy atom. The molecule has 3 rings (SSSR count). The summed E-state index contributed by atoms with van der Waals surface area (Å²) < 4.78 is 1.84. The molecule has 1 fully saturated rings. The van der Waals surface area contributed by atoms with Gasteiger partial charge in [-0.1, -0.05) is 0 Å². The average Bonchev–Trinajstić information content (AvgIpc) is 2.91. The van der Waals surface area contributed by atoms with E-state index >= 15 is 0 Å². The monoisotopic (exact) mass is 202 g/mol. The van der Waals surface area contributed by atoms with Gasteiger partial charge in [-0.15, -0.1) is 0 Å². The predicted octanol–water partition coefficient (Wildman–Crippen LogP) is 1.11. The molecule has 0 bridgehead atoms. The molecule has 0 atom stereocenters. The largest absolute Gasteiger partial charge is 0.330 e. The molecule has 0 aliphatic heterocycles. The first kappa shape index (κ1) is 8.85. The van der Waals surface area contributed by atoms with Gasteiger partial charge in [0.25, 0.3) is 0 Å². The van der Waals surface area contributed by atoms with Gasteiger partial charge in [-0.25, -0.2) is 9.50 Å². The van der Waals surface area contributed by atoms with Crippen molar-refractivity contribution in [3.8, 4) is 0 Å². The van der Waals surface area contributed by atoms with E-state index < -0.39 is 0 Å². The molecule has 0 aromatic carbocycles. The zero-order valence-electron chi connectivity index (χ0n) is 8.56. The molecule has 1 aliphatic rings. The van der Waals surface area contributed by atoms with Gasteiger partial charge in [0.15, 0.2) is 5.65 Å². The summed E-state index contributed by atoms with van der Waals surface area (Å²) in [6.45, 7) is 0.737. The van der Waals surface area contributed by atoms with E-state index in [9.17, 15) is 0 Å². The van der Waals surface area contributed by atoms with Gasteiger partial charge in [-0.05, 0) is 31.9 Å². The van der Waals surface area contributed by atoms with Crippen LogP contribution in [-0.2, 0) is 5.41 Å². The van der Waals surface area contributed by atoms with Crippen molar-refractivity contribution in [1.82, 2.24) is 14.6 Å². The predicted molar refractivity (Wildman–Crippen MR) is 57.6 cm³/mol. The Hall–Kier alpha value is -1.42. The highest BCUT2D eigenvalue weighted by Crippen LogP contribution is 2.50. The lowest BCUT2D eigenvalue weighted by atomic mass is 9.98. The molecule has 2 aromatic rings. The molecule has 78 valence electrons. The van der Waals surface area contributed by atoms with E-state index in [4.69, 9.17) is 5.73 Å². The number of fused-ring (bicyclic) bond motifs is 1. The lowest BCUT2D eigenvalue weighted by Crippen LogP contribution is -2.14. The van der Waals surface area contributed by atoms with Crippen LogP contribution >= 0.6 is 0 Å². The van der Waals surface area contributed by atoms with Crippen LogP contribution < -0.4 is 5.73 Å².